The van der Waals surface area contributed by atoms with Crippen LogP contribution in [0.15, 0.2) is 30.3 Å². The summed E-state index contributed by atoms with van der Waals surface area (Å²) < 4.78 is 44.2. The van der Waals surface area contributed by atoms with Gasteiger partial charge in [0.05, 0.1) is 12.0 Å². The molecule has 0 saturated carbocycles. The van der Waals surface area contributed by atoms with Crippen molar-refractivity contribution in [2.24, 2.45) is 0 Å². The van der Waals surface area contributed by atoms with Crippen molar-refractivity contribution in [2.75, 3.05) is 6.61 Å². The van der Waals surface area contributed by atoms with Gasteiger partial charge < -0.3 is 43.0 Å². The molecule has 16 heteroatoms. The average Bonchev–Trinajstić information content (AvgIpc) is 2.97. The quantitative estimate of drug-likeness (QED) is 0.228. The summed E-state index contributed by atoms with van der Waals surface area (Å²) in [5, 5.41) is 11.7. The molecule has 1 fully saturated rings. The summed E-state index contributed by atoms with van der Waals surface area (Å²) in [5.41, 5.74) is -0.189. The average molecular weight is 687 g/mol. The van der Waals surface area contributed by atoms with Crippen LogP contribution in [0.5, 0.6) is 23.0 Å². The van der Waals surface area contributed by atoms with E-state index in [1.165, 1.54) is 19.1 Å². The fourth-order valence-electron chi connectivity index (χ4n) is 5.54. The third kappa shape index (κ3) is 8.70. The van der Waals surface area contributed by atoms with E-state index in [0.717, 1.165) is 40.7 Å². The van der Waals surface area contributed by atoms with Crippen LogP contribution in [-0.2, 0) is 52.5 Å². The van der Waals surface area contributed by atoms with Gasteiger partial charge in [-0.2, -0.15) is 0 Å². The lowest BCUT2D eigenvalue weighted by Crippen LogP contribution is -2.59. The van der Waals surface area contributed by atoms with Gasteiger partial charge in [-0.15, -0.1) is 0 Å². The van der Waals surface area contributed by atoms with Gasteiger partial charge in [0.15, 0.2) is 24.1 Å². The summed E-state index contributed by atoms with van der Waals surface area (Å²) >= 11 is 0. The molecule has 6 unspecified atom stereocenters. The Morgan fingerprint density at radius 2 is 1.33 bits per heavy atom. The Hall–Kier alpha value is -5.51. The normalized spacial score (nSPS) is 22.8. The maximum Gasteiger partial charge on any atom is 0.308 e. The van der Waals surface area contributed by atoms with Crippen molar-refractivity contribution >= 4 is 41.6 Å². The standard InChI is InChI=1S/C33H34O16/c1-14(34)42-13-26-30(45-17(4)37)32(46-18(5)38)33(47-19(6)39)31(49-26)28-25(44-16(3)36)12-24-27(29(28)41)22(40)11-23(48-24)20-7-9-21(10-8-20)43-15(2)35/h7-10,12,23,26,30-33,41H,11,13H2,1-6H3. The highest BCUT2D eigenvalue weighted by molar-refractivity contribution is 6.03. The van der Waals surface area contributed by atoms with Crippen LogP contribution >= 0.6 is 0 Å². The number of carbonyl (C=O) groups is 7. The minimum atomic E-state index is -1.68. The van der Waals surface area contributed by atoms with E-state index in [0.29, 0.717) is 5.56 Å². The molecule has 0 bridgehead atoms. The predicted octanol–water partition coefficient (Wildman–Crippen LogP) is 2.75. The van der Waals surface area contributed by atoms with Gasteiger partial charge in [-0.25, -0.2) is 0 Å². The largest absolute Gasteiger partial charge is 0.507 e. The number of hydrogen-bond donors (Lipinski definition) is 1. The number of Topliss-reactive ketones (excluding diaryl/α,β-unsaturated/α-hetero) is 1. The second-order valence-electron chi connectivity index (χ2n) is 11.1. The molecule has 0 spiro atoms. The highest BCUT2D eigenvalue weighted by Gasteiger charge is 2.54. The molecule has 2 aromatic carbocycles. The molecule has 0 amide bonds. The number of rotatable bonds is 9. The topological polar surface area (TPSA) is 214 Å². The van der Waals surface area contributed by atoms with Gasteiger partial charge >= 0.3 is 35.8 Å². The van der Waals surface area contributed by atoms with E-state index >= 15 is 0 Å². The number of phenolic OH excluding ortho intramolecular Hbond substituents is 1. The van der Waals surface area contributed by atoms with E-state index < -0.39 is 90.6 Å². The lowest BCUT2D eigenvalue weighted by molar-refractivity contribution is -0.254. The van der Waals surface area contributed by atoms with Crippen LogP contribution in [0.4, 0.5) is 0 Å². The Kier molecular flexibility index (Phi) is 11.2. The number of carbonyl (C=O) groups excluding carboxylic acids is 7. The van der Waals surface area contributed by atoms with Gasteiger partial charge in [0, 0.05) is 47.6 Å². The molecule has 49 heavy (non-hydrogen) atoms. The number of esters is 6. The van der Waals surface area contributed by atoms with Gasteiger partial charge in [0.2, 0.25) is 0 Å². The zero-order valence-corrected chi connectivity index (χ0v) is 27.3. The monoisotopic (exact) mass is 686 g/mol. The minimum absolute atomic E-state index is 0.173. The third-order valence-corrected chi connectivity index (χ3v) is 7.23. The molecule has 16 nitrogen and oxygen atoms in total. The summed E-state index contributed by atoms with van der Waals surface area (Å²) in [6.07, 6.45) is -9.01. The van der Waals surface area contributed by atoms with Crippen LogP contribution in [0.3, 0.4) is 0 Å². The first-order valence-corrected chi connectivity index (χ1v) is 14.9. The molecule has 1 saturated heterocycles. The number of ether oxygens (including phenoxy) is 8. The second kappa shape index (κ2) is 15.1. The van der Waals surface area contributed by atoms with Crippen LogP contribution in [-0.4, -0.2) is 77.7 Å². The number of phenols is 1. The molecule has 2 aliphatic rings. The molecule has 0 aliphatic carbocycles. The number of benzene rings is 2. The van der Waals surface area contributed by atoms with Crippen molar-refractivity contribution < 1.29 is 76.6 Å². The molecule has 2 aliphatic heterocycles. The fourth-order valence-corrected chi connectivity index (χ4v) is 5.54. The van der Waals surface area contributed by atoms with Gasteiger partial charge in [-0.05, 0) is 17.7 Å². The van der Waals surface area contributed by atoms with Crippen molar-refractivity contribution in [3.63, 3.8) is 0 Å². The van der Waals surface area contributed by atoms with Crippen molar-refractivity contribution in [2.45, 2.75) is 84.6 Å². The van der Waals surface area contributed by atoms with E-state index in [9.17, 15) is 38.7 Å². The fraction of sp³-hybridized carbons (Fsp3) is 0.424. The van der Waals surface area contributed by atoms with Crippen LogP contribution in [0, 0.1) is 0 Å². The summed E-state index contributed by atoms with van der Waals surface area (Å²) in [5.74, 6) is -6.46. The van der Waals surface area contributed by atoms with E-state index in [1.807, 2.05) is 0 Å². The van der Waals surface area contributed by atoms with Crippen molar-refractivity contribution in [1.29, 1.82) is 0 Å². The summed E-state index contributed by atoms with van der Waals surface area (Å²) in [4.78, 5) is 85.8. The maximum absolute atomic E-state index is 13.6. The van der Waals surface area contributed by atoms with Crippen LogP contribution in [0.2, 0.25) is 0 Å². The van der Waals surface area contributed by atoms with Crippen molar-refractivity contribution in [1.82, 2.24) is 0 Å². The number of ketones is 1. The molecular weight excluding hydrogens is 652 g/mol. The summed E-state index contributed by atoms with van der Waals surface area (Å²) in [6.45, 7) is 5.98. The highest BCUT2D eigenvalue weighted by atomic mass is 16.7. The molecule has 2 aromatic rings. The summed E-state index contributed by atoms with van der Waals surface area (Å²) in [7, 11) is 0. The molecule has 6 atom stereocenters. The number of aromatic hydroxyl groups is 1. The van der Waals surface area contributed by atoms with E-state index in [2.05, 4.69) is 0 Å². The van der Waals surface area contributed by atoms with Crippen molar-refractivity contribution in [3.8, 4) is 23.0 Å². The van der Waals surface area contributed by atoms with Crippen LogP contribution < -0.4 is 14.2 Å². The van der Waals surface area contributed by atoms with E-state index in [-0.39, 0.29) is 34.8 Å². The van der Waals surface area contributed by atoms with Gasteiger partial charge in [-0.3, -0.25) is 33.6 Å². The summed E-state index contributed by atoms with van der Waals surface area (Å²) in [6, 6.07) is 7.35. The van der Waals surface area contributed by atoms with Crippen LogP contribution in [0.1, 0.15) is 81.7 Å². The third-order valence-electron chi connectivity index (χ3n) is 7.23. The zero-order chi connectivity index (χ0) is 36.2. The predicted molar refractivity (Wildman–Crippen MR) is 160 cm³/mol. The lowest BCUT2D eigenvalue weighted by Gasteiger charge is -2.45. The second-order valence-corrected chi connectivity index (χ2v) is 11.1. The Labute approximate surface area is 279 Å². The van der Waals surface area contributed by atoms with E-state index in [4.69, 9.17) is 37.9 Å². The Bertz CT molecular complexity index is 1660. The van der Waals surface area contributed by atoms with Gasteiger partial charge in [0.1, 0.15) is 53.5 Å². The van der Waals surface area contributed by atoms with Crippen LogP contribution in [0.25, 0.3) is 0 Å². The van der Waals surface area contributed by atoms with Gasteiger partial charge in [-0.1, -0.05) is 12.1 Å². The van der Waals surface area contributed by atoms with Gasteiger partial charge in [0.25, 0.3) is 0 Å². The Morgan fingerprint density at radius 1 is 0.755 bits per heavy atom. The number of hydrogen-bond acceptors (Lipinski definition) is 16. The van der Waals surface area contributed by atoms with E-state index in [1.54, 1.807) is 12.1 Å². The Balaban J connectivity index is 1.87. The lowest BCUT2D eigenvalue weighted by atomic mass is 9.86. The van der Waals surface area contributed by atoms with Crippen molar-refractivity contribution in [3.05, 3.63) is 47.0 Å². The SMILES string of the molecule is CC(=O)OCC1OC(c2c(OC(C)=O)cc3c(c2O)C(=O)CC(c2ccc(OC(C)=O)cc2)O3)C(OC(C)=O)C(OC(C)=O)C1OC(C)=O. The first kappa shape index (κ1) is 36.3. The zero-order valence-electron chi connectivity index (χ0n) is 27.3. The molecular formula is C33H34O16. The molecule has 4 rings (SSSR count). The molecule has 0 aromatic heterocycles. The first-order valence-electron chi connectivity index (χ1n) is 14.9. The molecule has 1 N–H and O–H groups in total. The first-order chi connectivity index (χ1) is 23.0. The molecule has 2 heterocycles. The Morgan fingerprint density at radius 3 is 1.88 bits per heavy atom. The number of fused-ring (bicyclic) bond motifs is 1. The highest BCUT2D eigenvalue weighted by Crippen LogP contribution is 2.51. The smallest absolute Gasteiger partial charge is 0.308 e. The maximum atomic E-state index is 13.6. The molecule has 262 valence electrons. The minimum Gasteiger partial charge on any atom is -0.507 e. The molecule has 0 radical (unpaired) electrons.